The van der Waals surface area contributed by atoms with Crippen molar-refractivity contribution in [1.82, 2.24) is 4.98 Å². The molecule has 1 aromatic carbocycles. The number of halogens is 1. The lowest BCUT2D eigenvalue weighted by Gasteiger charge is -2.21. The van der Waals surface area contributed by atoms with Crippen LogP contribution in [0.15, 0.2) is 40.9 Å². The standard InChI is InChI=1S/C16H20BrN3/c1-11-5-4-6-14(19-11)10-20(3)16-8-7-13(12(2)18)9-15(16)17/h4-9,12H,10,18H2,1-3H3/t12-/m1/s1. The number of aryl methyl sites for hydroxylation is 1. The first-order valence-electron chi connectivity index (χ1n) is 6.66. The van der Waals surface area contributed by atoms with Crippen LogP contribution in [0.25, 0.3) is 0 Å². The second kappa shape index (κ2) is 6.37. The quantitative estimate of drug-likeness (QED) is 0.925. The molecule has 0 unspecified atom stereocenters. The van der Waals surface area contributed by atoms with Crippen molar-refractivity contribution in [3.05, 3.63) is 57.8 Å². The van der Waals surface area contributed by atoms with Gasteiger partial charge < -0.3 is 10.6 Å². The second-order valence-electron chi connectivity index (χ2n) is 5.13. The molecule has 1 heterocycles. The van der Waals surface area contributed by atoms with Crippen LogP contribution in [-0.4, -0.2) is 12.0 Å². The fraction of sp³-hybridized carbons (Fsp3) is 0.312. The highest BCUT2D eigenvalue weighted by Gasteiger charge is 2.09. The van der Waals surface area contributed by atoms with E-state index in [9.17, 15) is 0 Å². The van der Waals surface area contributed by atoms with Crippen LogP contribution in [0.1, 0.15) is 29.9 Å². The predicted octanol–water partition coefficient (Wildman–Crippen LogP) is 3.81. The molecule has 20 heavy (non-hydrogen) atoms. The Hall–Kier alpha value is -1.39. The van der Waals surface area contributed by atoms with Gasteiger partial charge in [0.2, 0.25) is 0 Å². The largest absolute Gasteiger partial charge is 0.368 e. The van der Waals surface area contributed by atoms with Gasteiger partial charge in [0, 0.05) is 23.3 Å². The Balaban J connectivity index is 2.19. The molecule has 4 heteroatoms. The summed E-state index contributed by atoms with van der Waals surface area (Å²) in [6.45, 7) is 4.77. The van der Waals surface area contributed by atoms with E-state index in [2.05, 4.69) is 51.1 Å². The molecule has 0 bridgehead atoms. The summed E-state index contributed by atoms with van der Waals surface area (Å²) in [5.41, 5.74) is 10.3. The third-order valence-corrected chi connectivity index (χ3v) is 3.89. The van der Waals surface area contributed by atoms with Gasteiger partial charge >= 0.3 is 0 Å². The molecule has 2 aromatic rings. The zero-order valence-electron chi connectivity index (χ0n) is 12.1. The molecule has 0 fully saturated rings. The van der Waals surface area contributed by atoms with Crippen molar-refractivity contribution in [2.45, 2.75) is 26.4 Å². The van der Waals surface area contributed by atoms with Crippen LogP contribution in [0.3, 0.4) is 0 Å². The van der Waals surface area contributed by atoms with Crippen LogP contribution in [0.5, 0.6) is 0 Å². The van der Waals surface area contributed by atoms with E-state index in [0.29, 0.717) is 0 Å². The maximum Gasteiger partial charge on any atom is 0.0600 e. The number of hydrogen-bond donors (Lipinski definition) is 1. The van der Waals surface area contributed by atoms with Crippen molar-refractivity contribution in [2.75, 3.05) is 11.9 Å². The molecule has 0 saturated heterocycles. The van der Waals surface area contributed by atoms with Gasteiger partial charge in [0.25, 0.3) is 0 Å². The third-order valence-electron chi connectivity index (χ3n) is 3.25. The van der Waals surface area contributed by atoms with E-state index >= 15 is 0 Å². The highest BCUT2D eigenvalue weighted by molar-refractivity contribution is 9.10. The Labute approximate surface area is 129 Å². The lowest BCUT2D eigenvalue weighted by molar-refractivity contribution is 0.815. The van der Waals surface area contributed by atoms with E-state index in [1.165, 1.54) is 0 Å². The number of nitrogens with zero attached hydrogens (tertiary/aromatic N) is 2. The maximum absolute atomic E-state index is 5.90. The first kappa shape index (κ1) is 15.0. The lowest BCUT2D eigenvalue weighted by Crippen LogP contribution is -2.18. The zero-order chi connectivity index (χ0) is 14.7. The first-order chi connectivity index (χ1) is 9.47. The topological polar surface area (TPSA) is 42.1 Å². The summed E-state index contributed by atoms with van der Waals surface area (Å²) in [5.74, 6) is 0. The molecule has 0 aliphatic heterocycles. The summed E-state index contributed by atoms with van der Waals surface area (Å²) in [5, 5.41) is 0. The van der Waals surface area contributed by atoms with Gasteiger partial charge in [-0.3, -0.25) is 4.98 Å². The average Bonchev–Trinajstić information content (AvgIpc) is 2.38. The summed E-state index contributed by atoms with van der Waals surface area (Å²) in [7, 11) is 2.07. The van der Waals surface area contributed by atoms with E-state index in [0.717, 1.165) is 33.7 Å². The van der Waals surface area contributed by atoms with Gasteiger partial charge in [-0.2, -0.15) is 0 Å². The SMILES string of the molecule is Cc1cccc(CN(C)c2ccc([C@@H](C)N)cc2Br)n1. The molecular formula is C16H20BrN3. The third kappa shape index (κ3) is 3.58. The number of benzene rings is 1. The molecule has 0 saturated carbocycles. The summed E-state index contributed by atoms with van der Waals surface area (Å²) < 4.78 is 1.06. The van der Waals surface area contributed by atoms with Crippen molar-refractivity contribution in [3.8, 4) is 0 Å². The van der Waals surface area contributed by atoms with Gasteiger partial charge in [0.15, 0.2) is 0 Å². The smallest absolute Gasteiger partial charge is 0.0600 e. The van der Waals surface area contributed by atoms with E-state index in [1.807, 2.05) is 32.0 Å². The molecular weight excluding hydrogens is 314 g/mol. The maximum atomic E-state index is 5.90. The average molecular weight is 334 g/mol. The number of aromatic nitrogens is 1. The fourth-order valence-corrected chi connectivity index (χ4v) is 2.83. The summed E-state index contributed by atoms with van der Waals surface area (Å²) in [4.78, 5) is 6.71. The Morgan fingerprint density at radius 1 is 1.30 bits per heavy atom. The van der Waals surface area contributed by atoms with Crippen molar-refractivity contribution < 1.29 is 0 Å². The molecule has 0 spiro atoms. The zero-order valence-corrected chi connectivity index (χ0v) is 13.7. The monoisotopic (exact) mass is 333 g/mol. The minimum atomic E-state index is 0.0455. The van der Waals surface area contributed by atoms with Gasteiger partial charge in [-0.05, 0) is 59.6 Å². The van der Waals surface area contributed by atoms with Crippen molar-refractivity contribution >= 4 is 21.6 Å². The fourth-order valence-electron chi connectivity index (χ4n) is 2.13. The number of rotatable bonds is 4. The molecule has 0 amide bonds. The number of anilines is 1. The normalized spacial score (nSPS) is 12.2. The molecule has 0 aliphatic rings. The van der Waals surface area contributed by atoms with Crippen LogP contribution in [0, 0.1) is 6.92 Å². The van der Waals surface area contributed by atoms with Crippen LogP contribution < -0.4 is 10.6 Å². The predicted molar refractivity (Wildman–Crippen MR) is 87.8 cm³/mol. The summed E-state index contributed by atoms with van der Waals surface area (Å²) >= 11 is 3.63. The lowest BCUT2D eigenvalue weighted by atomic mass is 10.1. The molecule has 0 radical (unpaired) electrons. The van der Waals surface area contributed by atoms with E-state index < -0.39 is 0 Å². The Morgan fingerprint density at radius 2 is 2.05 bits per heavy atom. The van der Waals surface area contributed by atoms with Gasteiger partial charge in [0.05, 0.1) is 17.9 Å². The molecule has 2 rings (SSSR count). The van der Waals surface area contributed by atoms with Gasteiger partial charge in [0.1, 0.15) is 0 Å². The second-order valence-corrected chi connectivity index (χ2v) is 5.98. The van der Waals surface area contributed by atoms with Crippen molar-refractivity contribution in [1.29, 1.82) is 0 Å². The highest BCUT2D eigenvalue weighted by atomic mass is 79.9. The number of nitrogens with two attached hydrogens (primary N) is 1. The summed E-state index contributed by atoms with van der Waals surface area (Å²) in [6, 6.07) is 12.4. The van der Waals surface area contributed by atoms with E-state index in [1.54, 1.807) is 0 Å². The Kier molecular flexibility index (Phi) is 4.78. The van der Waals surface area contributed by atoms with Crippen molar-refractivity contribution in [3.63, 3.8) is 0 Å². The van der Waals surface area contributed by atoms with Gasteiger partial charge in [-0.15, -0.1) is 0 Å². The van der Waals surface area contributed by atoms with E-state index in [4.69, 9.17) is 5.73 Å². The van der Waals surface area contributed by atoms with Crippen LogP contribution in [0.2, 0.25) is 0 Å². The molecule has 1 aromatic heterocycles. The highest BCUT2D eigenvalue weighted by Crippen LogP contribution is 2.29. The van der Waals surface area contributed by atoms with Gasteiger partial charge in [-0.25, -0.2) is 0 Å². The van der Waals surface area contributed by atoms with Crippen LogP contribution >= 0.6 is 15.9 Å². The number of hydrogen-bond acceptors (Lipinski definition) is 3. The van der Waals surface area contributed by atoms with Gasteiger partial charge in [-0.1, -0.05) is 12.1 Å². The minimum absolute atomic E-state index is 0.0455. The van der Waals surface area contributed by atoms with Crippen molar-refractivity contribution in [2.24, 2.45) is 5.73 Å². The molecule has 1 atom stereocenters. The Bertz CT molecular complexity index is 596. The summed E-state index contributed by atoms with van der Waals surface area (Å²) in [6.07, 6.45) is 0. The van der Waals surface area contributed by atoms with E-state index in [-0.39, 0.29) is 6.04 Å². The van der Waals surface area contributed by atoms with Crippen LogP contribution in [-0.2, 0) is 6.54 Å². The molecule has 2 N–H and O–H groups in total. The molecule has 106 valence electrons. The number of pyridine rings is 1. The minimum Gasteiger partial charge on any atom is -0.368 e. The molecule has 3 nitrogen and oxygen atoms in total. The Morgan fingerprint density at radius 3 is 2.65 bits per heavy atom. The first-order valence-corrected chi connectivity index (χ1v) is 7.45. The van der Waals surface area contributed by atoms with Crippen LogP contribution in [0.4, 0.5) is 5.69 Å². The molecule has 0 aliphatic carbocycles.